The van der Waals surface area contributed by atoms with E-state index in [1.807, 2.05) is 7.05 Å². The quantitative estimate of drug-likeness (QED) is 0.121. The molecule has 0 amide bonds. The van der Waals surface area contributed by atoms with Crippen molar-refractivity contribution in [2.24, 2.45) is 4.99 Å². The molecule has 2 heterocycles. The molecule has 1 aromatic heterocycles. The minimum absolute atomic E-state index is 0.0881. The summed E-state index contributed by atoms with van der Waals surface area (Å²) in [6.07, 6.45) is 9.09. The van der Waals surface area contributed by atoms with Crippen LogP contribution in [0.5, 0.6) is 0 Å². The molecule has 3 atom stereocenters. The lowest BCUT2D eigenvalue weighted by Gasteiger charge is -2.28. The first-order chi connectivity index (χ1) is 34.7. The highest BCUT2D eigenvalue weighted by Crippen LogP contribution is 2.43. The van der Waals surface area contributed by atoms with Gasteiger partial charge in [0.05, 0.1) is 28.8 Å². The molecule has 9 aromatic carbocycles. The second-order valence-corrected chi connectivity index (χ2v) is 18.0. The van der Waals surface area contributed by atoms with Crippen LogP contribution in [0.15, 0.2) is 260 Å². The second-order valence-electron chi connectivity index (χ2n) is 18.0. The Bertz CT molecular complexity index is 3640. The Morgan fingerprint density at radius 1 is 0.457 bits per heavy atom. The van der Waals surface area contributed by atoms with Crippen molar-refractivity contribution in [2.45, 2.75) is 18.1 Å². The number of nitrogens with zero attached hydrogens (tertiary/aromatic N) is 2. The molecule has 1 aliphatic heterocycles. The SMILES string of the molecule is CNC1C=CC(c2ccccc2)=CC1Nc1ccc(-c2ccccc2-c2ccccc2-c2ccccc2C2C=C(c3ccccc3)N=C(c3cccc4c3c3ccccc3n4-c3ccccc3)N2)cc1. The van der Waals surface area contributed by atoms with Crippen LogP contribution in [-0.4, -0.2) is 29.5 Å². The molecule has 12 rings (SSSR count). The van der Waals surface area contributed by atoms with E-state index in [4.69, 9.17) is 4.99 Å². The van der Waals surface area contributed by atoms with Gasteiger partial charge in [0.2, 0.25) is 0 Å². The summed E-state index contributed by atoms with van der Waals surface area (Å²) in [4.78, 5) is 5.46. The maximum absolute atomic E-state index is 5.46. The highest BCUT2D eigenvalue weighted by molar-refractivity contribution is 6.21. The third-order valence-corrected chi connectivity index (χ3v) is 13.8. The van der Waals surface area contributed by atoms with Crippen LogP contribution in [0.1, 0.15) is 28.3 Å². The molecular formula is C65H51N5. The Morgan fingerprint density at radius 3 is 1.76 bits per heavy atom. The van der Waals surface area contributed by atoms with Gasteiger partial charge in [-0.3, -0.25) is 0 Å². The normalized spacial score (nSPS) is 16.6. The molecule has 0 saturated heterocycles. The number of amidine groups is 1. The minimum atomic E-state index is -0.194. The lowest BCUT2D eigenvalue weighted by Crippen LogP contribution is -2.41. The van der Waals surface area contributed by atoms with Crippen LogP contribution >= 0.6 is 0 Å². The van der Waals surface area contributed by atoms with Crippen LogP contribution in [0.25, 0.3) is 72.1 Å². The van der Waals surface area contributed by atoms with E-state index in [1.165, 1.54) is 49.7 Å². The topological polar surface area (TPSA) is 53.4 Å². The molecule has 0 radical (unpaired) electrons. The predicted molar refractivity (Wildman–Crippen MR) is 294 cm³/mol. The summed E-state index contributed by atoms with van der Waals surface area (Å²) in [7, 11) is 2.02. The fourth-order valence-electron chi connectivity index (χ4n) is 10.5. The van der Waals surface area contributed by atoms with E-state index >= 15 is 0 Å². The maximum Gasteiger partial charge on any atom is 0.135 e. The van der Waals surface area contributed by atoms with Gasteiger partial charge in [-0.25, -0.2) is 4.99 Å². The van der Waals surface area contributed by atoms with Crippen molar-refractivity contribution in [1.82, 2.24) is 15.2 Å². The monoisotopic (exact) mass is 901 g/mol. The zero-order valence-electron chi connectivity index (χ0n) is 38.9. The molecule has 0 bridgehead atoms. The van der Waals surface area contributed by atoms with Gasteiger partial charge >= 0.3 is 0 Å². The molecule has 336 valence electrons. The smallest absolute Gasteiger partial charge is 0.135 e. The van der Waals surface area contributed by atoms with Crippen molar-refractivity contribution < 1.29 is 0 Å². The van der Waals surface area contributed by atoms with E-state index in [0.717, 1.165) is 56.2 Å². The summed E-state index contributed by atoms with van der Waals surface area (Å²) >= 11 is 0. The Hall–Kier alpha value is -8.77. The average molecular weight is 902 g/mol. The number of nitrogens with one attached hydrogen (secondary N) is 3. The fourth-order valence-corrected chi connectivity index (χ4v) is 10.5. The van der Waals surface area contributed by atoms with Crippen molar-refractivity contribution in [3.05, 3.63) is 277 Å². The molecule has 70 heavy (non-hydrogen) atoms. The first kappa shape index (κ1) is 42.6. The lowest BCUT2D eigenvalue weighted by molar-refractivity contribution is 0.623. The summed E-state index contributed by atoms with van der Waals surface area (Å²) in [5, 5.41) is 13.7. The molecule has 0 saturated carbocycles. The number of likely N-dealkylation sites (N-methyl/N-ethyl adjacent to an activating group) is 1. The molecule has 3 N–H and O–H groups in total. The van der Waals surface area contributed by atoms with Crippen molar-refractivity contribution in [2.75, 3.05) is 12.4 Å². The van der Waals surface area contributed by atoms with E-state index in [-0.39, 0.29) is 18.1 Å². The molecule has 5 nitrogen and oxygen atoms in total. The molecule has 1 aliphatic carbocycles. The zero-order valence-corrected chi connectivity index (χ0v) is 38.9. The van der Waals surface area contributed by atoms with Crippen LogP contribution in [0.2, 0.25) is 0 Å². The third-order valence-electron chi connectivity index (χ3n) is 13.8. The van der Waals surface area contributed by atoms with Crippen LogP contribution in [0.4, 0.5) is 5.69 Å². The minimum Gasteiger partial charge on any atom is -0.377 e. The largest absolute Gasteiger partial charge is 0.377 e. The number of aliphatic imine (C=N–C) groups is 1. The van der Waals surface area contributed by atoms with Crippen molar-refractivity contribution in [1.29, 1.82) is 0 Å². The summed E-state index contributed by atoms with van der Waals surface area (Å²) in [6.45, 7) is 0. The van der Waals surface area contributed by atoms with Gasteiger partial charge in [-0.15, -0.1) is 0 Å². The number of fused-ring (bicyclic) bond motifs is 3. The van der Waals surface area contributed by atoms with Gasteiger partial charge in [0, 0.05) is 33.8 Å². The number of benzene rings is 9. The number of anilines is 1. The highest BCUT2D eigenvalue weighted by Gasteiger charge is 2.26. The number of rotatable bonds is 11. The molecule has 3 unspecified atom stereocenters. The van der Waals surface area contributed by atoms with Crippen LogP contribution < -0.4 is 16.0 Å². The molecule has 10 aromatic rings. The number of aromatic nitrogens is 1. The standard InChI is InChI=1S/C65H51N5/c1-66-58-41-38-47(44-20-5-2-6-21-44)42-61(58)67-48-39-36-45(37-40-48)50-26-11-12-27-51(50)52-28-13-14-29-53(52)54-30-15-16-31-55(54)60-43-59(46-22-7-3-8-23-46)68-65(69-60)57-33-19-35-63-64(57)56-32-17-18-34-62(56)70(63)49-24-9-4-10-25-49/h2-43,58,60-61,66-67H,1H3,(H,68,69). The van der Waals surface area contributed by atoms with Crippen molar-refractivity contribution in [3.8, 4) is 39.1 Å². The molecular weight excluding hydrogens is 851 g/mol. The number of hydrogen-bond acceptors (Lipinski definition) is 4. The first-order valence-corrected chi connectivity index (χ1v) is 24.2. The van der Waals surface area contributed by atoms with Gasteiger partial charge in [-0.05, 0) is 105 Å². The summed E-state index contributed by atoms with van der Waals surface area (Å²) < 4.78 is 2.37. The summed E-state index contributed by atoms with van der Waals surface area (Å²) in [5.41, 5.74) is 18.2. The van der Waals surface area contributed by atoms with E-state index < -0.39 is 0 Å². The number of para-hydroxylation sites is 2. The van der Waals surface area contributed by atoms with Gasteiger partial charge in [-0.2, -0.15) is 0 Å². The second kappa shape index (κ2) is 18.7. The van der Waals surface area contributed by atoms with Crippen LogP contribution in [-0.2, 0) is 0 Å². The lowest BCUT2D eigenvalue weighted by atomic mass is 9.86. The van der Waals surface area contributed by atoms with E-state index in [0.29, 0.717) is 0 Å². The molecule has 0 spiro atoms. The summed E-state index contributed by atoms with van der Waals surface area (Å²) in [5.74, 6) is 0.841. The highest BCUT2D eigenvalue weighted by atomic mass is 15.1. The Labute approximate surface area is 409 Å². The average Bonchev–Trinajstić information content (AvgIpc) is 3.78. The van der Waals surface area contributed by atoms with Crippen molar-refractivity contribution >= 4 is 44.6 Å². The van der Waals surface area contributed by atoms with Gasteiger partial charge in [-0.1, -0.05) is 212 Å². The van der Waals surface area contributed by atoms with Crippen LogP contribution in [0, 0.1) is 0 Å². The maximum atomic E-state index is 5.46. The number of hydrogen-bond donors (Lipinski definition) is 3. The molecule has 0 fully saturated rings. The predicted octanol–water partition coefficient (Wildman–Crippen LogP) is 14.9. The van der Waals surface area contributed by atoms with Gasteiger partial charge in [0.25, 0.3) is 0 Å². The van der Waals surface area contributed by atoms with Crippen LogP contribution in [0.3, 0.4) is 0 Å². The Morgan fingerprint density at radius 2 is 1.03 bits per heavy atom. The van der Waals surface area contributed by atoms with Gasteiger partial charge < -0.3 is 20.5 Å². The number of allylic oxidation sites excluding steroid dienone is 2. The summed E-state index contributed by atoms with van der Waals surface area (Å²) in [6, 6.07) is 82.5. The first-order valence-electron chi connectivity index (χ1n) is 24.2. The Kier molecular flexibility index (Phi) is 11.4. The zero-order chi connectivity index (χ0) is 46.8. The van der Waals surface area contributed by atoms with E-state index in [2.05, 4.69) is 275 Å². The van der Waals surface area contributed by atoms with E-state index in [9.17, 15) is 0 Å². The van der Waals surface area contributed by atoms with Crippen molar-refractivity contribution in [3.63, 3.8) is 0 Å². The van der Waals surface area contributed by atoms with Gasteiger partial charge in [0.1, 0.15) is 5.84 Å². The molecule has 5 heteroatoms. The third kappa shape index (κ3) is 8.02. The van der Waals surface area contributed by atoms with E-state index in [1.54, 1.807) is 0 Å². The molecule has 2 aliphatic rings. The fraction of sp³-hybridized carbons (Fsp3) is 0.0615. The Balaban J connectivity index is 0.913. The van der Waals surface area contributed by atoms with Gasteiger partial charge in [0.15, 0.2) is 0 Å².